The van der Waals surface area contributed by atoms with E-state index >= 15 is 0 Å². The molecule has 0 fully saturated rings. The highest BCUT2D eigenvalue weighted by molar-refractivity contribution is 7.82. The van der Waals surface area contributed by atoms with Gasteiger partial charge in [0.1, 0.15) is 0 Å². The van der Waals surface area contributed by atoms with Gasteiger partial charge < -0.3 is 10.6 Å². The highest BCUT2D eigenvalue weighted by Gasteiger charge is 2.07. The zero-order valence-corrected chi connectivity index (χ0v) is 15.1. The molecule has 0 aliphatic heterocycles. The van der Waals surface area contributed by atoms with Crippen LogP contribution in [0.25, 0.3) is 0 Å². The maximum Gasteiger partial charge on any atom is 0.278 e. The van der Waals surface area contributed by atoms with E-state index in [1.165, 1.54) is 22.3 Å². The lowest BCUT2D eigenvalue weighted by Gasteiger charge is -2.09. The molecule has 3 nitrogen and oxygen atoms in total. The van der Waals surface area contributed by atoms with Gasteiger partial charge in [-0.05, 0) is 37.8 Å². The predicted octanol–water partition coefficient (Wildman–Crippen LogP) is 3.12. The summed E-state index contributed by atoms with van der Waals surface area (Å²) in [5.74, 6) is -0.207. The van der Waals surface area contributed by atoms with E-state index in [1.807, 2.05) is 0 Å². The van der Waals surface area contributed by atoms with Gasteiger partial charge in [-0.2, -0.15) is 0 Å². The average Bonchev–Trinajstić information content (AvgIpc) is 2.58. The van der Waals surface area contributed by atoms with Gasteiger partial charge >= 0.3 is 0 Å². The molecule has 4 heteroatoms. The van der Waals surface area contributed by atoms with E-state index in [0.717, 1.165) is 12.8 Å². The SMILES string of the molecule is Cc1ccc(CCNC(=O)C(=S)NCCc2ccc(C)cc2)cc1. The largest absolute Gasteiger partial charge is 0.371 e. The Bertz CT molecular complexity index is 616. The summed E-state index contributed by atoms with van der Waals surface area (Å²) in [5, 5.41) is 5.88. The minimum Gasteiger partial charge on any atom is -0.371 e. The van der Waals surface area contributed by atoms with Crippen LogP contribution in [0.3, 0.4) is 0 Å². The van der Waals surface area contributed by atoms with Crippen LogP contribution in [0.4, 0.5) is 0 Å². The van der Waals surface area contributed by atoms with Gasteiger partial charge in [0.15, 0.2) is 4.99 Å². The normalized spacial score (nSPS) is 10.2. The molecule has 0 aromatic heterocycles. The van der Waals surface area contributed by atoms with E-state index in [1.54, 1.807) is 0 Å². The van der Waals surface area contributed by atoms with E-state index in [0.29, 0.717) is 13.1 Å². The number of carbonyl (C=O) groups excluding carboxylic acids is 1. The molecule has 2 aromatic carbocycles. The Hall–Kier alpha value is -2.20. The Labute approximate surface area is 149 Å². The van der Waals surface area contributed by atoms with Crippen molar-refractivity contribution in [2.45, 2.75) is 26.7 Å². The highest BCUT2D eigenvalue weighted by atomic mass is 32.1. The zero-order valence-electron chi connectivity index (χ0n) is 14.3. The first-order valence-corrected chi connectivity index (χ1v) is 8.62. The smallest absolute Gasteiger partial charge is 0.278 e. The molecule has 0 bridgehead atoms. The number of hydrogen-bond acceptors (Lipinski definition) is 2. The molecule has 0 radical (unpaired) electrons. The second-order valence-electron chi connectivity index (χ2n) is 5.98. The van der Waals surface area contributed by atoms with E-state index in [-0.39, 0.29) is 10.9 Å². The Morgan fingerprint density at radius 3 is 1.67 bits per heavy atom. The molecule has 0 aliphatic rings. The van der Waals surface area contributed by atoms with Crippen LogP contribution in [0.1, 0.15) is 22.3 Å². The van der Waals surface area contributed by atoms with E-state index in [2.05, 4.69) is 73.0 Å². The standard InChI is InChI=1S/C20H24N2OS/c1-15-3-7-17(8-4-15)11-13-21-19(23)20(24)22-14-12-18-9-5-16(2)6-10-18/h3-10H,11-14H2,1-2H3,(H,21,23)(H,22,24). The molecular formula is C20H24N2OS. The molecule has 0 aliphatic carbocycles. The van der Waals surface area contributed by atoms with Crippen molar-refractivity contribution in [2.24, 2.45) is 0 Å². The van der Waals surface area contributed by atoms with Gasteiger partial charge in [0.2, 0.25) is 0 Å². The van der Waals surface area contributed by atoms with Crippen molar-refractivity contribution in [1.82, 2.24) is 10.6 Å². The van der Waals surface area contributed by atoms with Crippen molar-refractivity contribution >= 4 is 23.1 Å². The topological polar surface area (TPSA) is 41.1 Å². The van der Waals surface area contributed by atoms with Gasteiger partial charge in [-0.3, -0.25) is 4.79 Å². The van der Waals surface area contributed by atoms with Crippen LogP contribution < -0.4 is 10.6 Å². The summed E-state index contributed by atoms with van der Waals surface area (Å²) >= 11 is 5.14. The summed E-state index contributed by atoms with van der Waals surface area (Å²) in [7, 11) is 0. The molecular weight excluding hydrogens is 316 g/mol. The van der Waals surface area contributed by atoms with Crippen LogP contribution in [0.5, 0.6) is 0 Å². The van der Waals surface area contributed by atoms with E-state index in [4.69, 9.17) is 12.2 Å². The Kier molecular flexibility index (Phi) is 6.94. The third kappa shape index (κ3) is 6.13. The molecule has 0 unspecified atom stereocenters. The van der Waals surface area contributed by atoms with Crippen molar-refractivity contribution in [2.75, 3.05) is 13.1 Å². The van der Waals surface area contributed by atoms with Crippen LogP contribution in [0.2, 0.25) is 0 Å². The molecule has 2 rings (SSSR count). The highest BCUT2D eigenvalue weighted by Crippen LogP contribution is 2.04. The minimum atomic E-state index is -0.207. The van der Waals surface area contributed by atoms with Crippen LogP contribution in [0, 0.1) is 13.8 Å². The number of carbonyl (C=O) groups is 1. The second-order valence-corrected chi connectivity index (χ2v) is 6.39. The molecule has 24 heavy (non-hydrogen) atoms. The molecule has 0 spiro atoms. The summed E-state index contributed by atoms with van der Waals surface area (Å²) in [4.78, 5) is 12.2. The molecule has 126 valence electrons. The van der Waals surface area contributed by atoms with Gasteiger partial charge in [0.05, 0.1) is 0 Å². The van der Waals surface area contributed by atoms with Gasteiger partial charge in [-0.1, -0.05) is 71.9 Å². The first-order valence-electron chi connectivity index (χ1n) is 8.22. The molecule has 0 saturated carbocycles. The summed E-state index contributed by atoms with van der Waals surface area (Å²) in [6, 6.07) is 16.7. The summed E-state index contributed by atoms with van der Waals surface area (Å²) < 4.78 is 0. The van der Waals surface area contributed by atoms with E-state index in [9.17, 15) is 4.79 Å². The van der Waals surface area contributed by atoms with Gasteiger partial charge in [0, 0.05) is 13.1 Å². The fourth-order valence-electron chi connectivity index (χ4n) is 2.31. The van der Waals surface area contributed by atoms with Crippen LogP contribution >= 0.6 is 12.2 Å². The van der Waals surface area contributed by atoms with Crippen molar-refractivity contribution in [3.63, 3.8) is 0 Å². The fraction of sp³-hybridized carbons (Fsp3) is 0.300. The lowest BCUT2D eigenvalue weighted by Crippen LogP contribution is -2.40. The van der Waals surface area contributed by atoms with Crippen molar-refractivity contribution in [3.05, 3.63) is 70.8 Å². The summed E-state index contributed by atoms with van der Waals surface area (Å²) in [6.45, 7) is 5.37. The number of rotatable bonds is 6. The summed E-state index contributed by atoms with van der Waals surface area (Å²) in [6.07, 6.45) is 1.65. The zero-order chi connectivity index (χ0) is 17.4. The fourth-order valence-corrected chi connectivity index (χ4v) is 2.49. The number of benzene rings is 2. The molecule has 2 N–H and O–H groups in total. The van der Waals surface area contributed by atoms with Crippen LogP contribution in [-0.4, -0.2) is 24.0 Å². The lowest BCUT2D eigenvalue weighted by molar-refractivity contribution is -0.114. The van der Waals surface area contributed by atoms with Crippen molar-refractivity contribution < 1.29 is 4.79 Å². The monoisotopic (exact) mass is 340 g/mol. The number of nitrogens with one attached hydrogen (secondary N) is 2. The van der Waals surface area contributed by atoms with Gasteiger partial charge in [-0.15, -0.1) is 0 Å². The molecule has 0 atom stereocenters. The third-order valence-electron chi connectivity index (χ3n) is 3.85. The average molecular weight is 340 g/mol. The Balaban J connectivity index is 1.65. The maximum absolute atomic E-state index is 12.0. The number of hydrogen-bond donors (Lipinski definition) is 2. The number of amides is 1. The number of thiocarbonyl (C=S) groups is 1. The molecule has 2 aromatic rings. The minimum absolute atomic E-state index is 0.207. The Morgan fingerprint density at radius 1 is 0.792 bits per heavy atom. The predicted molar refractivity (Wildman–Crippen MR) is 103 cm³/mol. The quantitative estimate of drug-likeness (QED) is 0.794. The van der Waals surface area contributed by atoms with Crippen LogP contribution in [-0.2, 0) is 17.6 Å². The molecule has 1 amide bonds. The first-order chi connectivity index (χ1) is 11.5. The van der Waals surface area contributed by atoms with Crippen molar-refractivity contribution in [1.29, 1.82) is 0 Å². The van der Waals surface area contributed by atoms with Gasteiger partial charge in [0.25, 0.3) is 5.91 Å². The maximum atomic E-state index is 12.0. The lowest BCUT2D eigenvalue weighted by atomic mass is 10.1. The summed E-state index contributed by atoms with van der Waals surface area (Å²) in [5.41, 5.74) is 4.92. The number of aryl methyl sites for hydroxylation is 2. The van der Waals surface area contributed by atoms with Crippen LogP contribution in [0.15, 0.2) is 48.5 Å². The molecule has 0 heterocycles. The molecule has 0 saturated heterocycles. The van der Waals surface area contributed by atoms with Crippen molar-refractivity contribution in [3.8, 4) is 0 Å². The van der Waals surface area contributed by atoms with E-state index < -0.39 is 0 Å². The first kappa shape index (κ1) is 18.1. The van der Waals surface area contributed by atoms with Gasteiger partial charge in [-0.25, -0.2) is 0 Å². The third-order valence-corrected chi connectivity index (χ3v) is 4.18. The Morgan fingerprint density at radius 2 is 1.21 bits per heavy atom. The second kappa shape index (κ2) is 9.18.